The molecule has 0 spiro atoms. The van der Waals surface area contributed by atoms with E-state index in [2.05, 4.69) is 4.72 Å². The van der Waals surface area contributed by atoms with Crippen molar-refractivity contribution in [1.82, 2.24) is 4.90 Å². The van der Waals surface area contributed by atoms with E-state index in [1.807, 2.05) is 4.90 Å². The molecule has 1 saturated heterocycles. The van der Waals surface area contributed by atoms with Crippen molar-refractivity contribution in [1.29, 1.82) is 0 Å². The average Bonchev–Trinajstić information content (AvgIpc) is 2.68. The van der Waals surface area contributed by atoms with E-state index in [0.29, 0.717) is 48.7 Å². The minimum atomic E-state index is -4.41. The zero-order valence-corrected chi connectivity index (χ0v) is 17.3. The van der Waals surface area contributed by atoms with E-state index in [1.54, 1.807) is 36.1 Å². The SMILES string of the molecule is Cc1c(NS(C)(=O)=O)cccc1C(=O)N1CCN(c2cccc(C(F)(F)F)c2)CC1. The molecule has 1 amide bonds. The number of alkyl halides is 3. The molecule has 30 heavy (non-hydrogen) atoms. The molecule has 0 aliphatic carbocycles. The van der Waals surface area contributed by atoms with Crippen LogP contribution in [0, 0.1) is 6.92 Å². The van der Waals surface area contributed by atoms with E-state index in [0.717, 1.165) is 18.4 Å². The van der Waals surface area contributed by atoms with Gasteiger partial charge in [0.1, 0.15) is 0 Å². The molecule has 162 valence electrons. The van der Waals surface area contributed by atoms with Crippen molar-refractivity contribution in [3.8, 4) is 0 Å². The Labute approximate surface area is 173 Å². The summed E-state index contributed by atoms with van der Waals surface area (Å²) in [6, 6.07) is 9.96. The van der Waals surface area contributed by atoms with Gasteiger partial charge in [0.25, 0.3) is 5.91 Å². The fraction of sp³-hybridized carbons (Fsp3) is 0.350. The normalized spacial score (nSPS) is 15.2. The van der Waals surface area contributed by atoms with Crippen molar-refractivity contribution in [3.05, 3.63) is 59.2 Å². The van der Waals surface area contributed by atoms with Crippen LogP contribution in [0.15, 0.2) is 42.5 Å². The molecule has 0 aromatic heterocycles. The first kappa shape index (κ1) is 21.9. The maximum atomic E-state index is 12.9. The highest BCUT2D eigenvalue weighted by atomic mass is 32.2. The number of rotatable bonds is 4. The maximum Gasteiger partial charge on any atom is 0.416 e. The minimum absolute atomic E-state index is 0.242. The molecule has 0 bridgehead atoms. The second kappa shape index (κ2) is 8.17. The van der Waals surface area contributed by atoms with Gasteiger partial charge in [-0.25, -0.2) is 8.42 Å². The highest BCUT2D eigenvalue weighted by molar-refractivity contribution is 7.92. The summed E-state index contributed by atoms with van der Waals surface area (Å²) in [6.45, 7) is 3.15. The largest absolute Gasteiger partial charge is 0.416 e. The molecule has 1 aliphatic heterocycles. The number of amides is 1. The molecule has 6 nitrogen and oxygen atoms in total. The Morgan fingerprint density at radius 2 is 1.67 bits per heavy atom. The number of carbonyl (C=O) groups excluding carboxylic acids is 1. The summed E-state index contributed by atoms with van der Waals surface area (Å²) in [5, 5.41) is 0. The van der Waals surface area contributed by atoms with Crippen LogP contribution in [-0.2, 0) is 16.2 Å². The Balaban J connectivity index is 1.71. The third-order valence-corrected chi connectivity index (χ3v) is 5.56. The Bertz CT molecular complexity index is 1050. The van der Waals surface area contributed by atoms with Crippen molar-refractivity contribution >= 4 is 27.3 Å². The van der Waals surface area contributed by atoms with Gasteiger partial charge < -0.3 is 9.80 Å². The maximum absolute atomic E-state index is 12.9. The minimum Gasteiger partial charge on any atom is -0.368 e. The van der Waals surface area contributed by atoms with Gasteiger partial charge in [-0.3, -0.25) is 9.52 Å². The Kier molecular flexibility index (Phi) is 5.98. The highest BCUT2D eigenvalue weighted by Gasteiger charge is 2.31. The number of piperazine rings is 1. The number of benzene rings is 2. The van der Waals surface area contributed by atoms with Gasteiger partial charge in [-0.15, -0.1) is 0 Å². The number of carbonyl (C=O) groups is 1. The van der Waals surface area contributed by atoms with Crippen LogP contribution < -0.4 is 9.62 Å². The topological polar surface area (TPSA) is 69.7 Å². The number of nitrogens with one attached hydrogen (secondary N) is 1. The zero-order valence-electron chi connectivity index (χ0n) is 16.5. The number of nitrogens with zero attached hydrogens (tertiary/aromatic N) is 2. The first-order valence-electron chi connectivity index (χ1n) is 9.24. The Morgan fingerprint density at radius 1 is 1.03 bits per heavy atom. The molecule has 1 fully saturated rings. The van der Waals surface area contributed by atoms with Gasteiger partial charge in [-0.2, -0.15) is 13.2 Å². The van der Waals surface area contributed by atoms with E-state index < -0.39 is 21.8 Å². The summed E-state index contributed by atoms with van der Waals surface area (Å²) in [4.78, 5) is 16.4. The molecule has 2 aromatic carbocycles. The molecule has 3 rings (SSSR count). The van der Waals surface area contributed by atoms with Gasteiger partial charge in [-0.1, -0.05) is 12.1 Å². The van der Waals surface area contributed by atoms with Crippen LogP contribution in [0.2, 0.25) is 0 Å². The van der Waals surface area contributed by atoms with E-state index in [1.165, 1.54) is 6.07 Å². The van der Waals surface area contributed by atoms with E-state index >= 15 is 0 Å². The summed E-state index contributed by atoms with van der Waals surface area (Å²) in [5.41, 5.74) is 1.01. The average molecular weight is 441 g/mol. The van der Waals surface area contributed by atoms with Crippen LogP contribution in [0.3, 0.4) is 0 Å². The van der Waals surface area contributed by atoms with Crippen LogP contribution in [0.25, 0.3) is 0 Å². The summed E-state index contributed by atoms with van der Waals surface area (Å²) in [5.74, 6) is -0.242. The lowest BCUT2D eigenvalue weighted by Gasteiger charge is -2.36. The standard InChI is InChI=1S/C20H22F3N3O3S/c1-14-17(7-4-8-18(14)24-30(2,28)29)19(27)26-11-9-25(10-12-26)16-6-3-5-15(13-16)20(21,22)23/h3-8,13,24H,9-12H2,1-2H3. The zero-order chi connectivity index (χ0) is 22.1. The second-order valence-electron chi connectivity index (χ2n) is 7.18. The van der Waals surface area contributed by atoms with Crippen LogP contribution in [0.4, 0.5) is 24.5 Å². The van der Waals surface area contributed by atoms with Crippen molar-refractivity contribution in [3.63, 3.8) is 0 Å². The summed E-state index contributed by atoms with van der Waals surface area (Å²) in [6.07, 6.45) is -3.37. The summed E-state index contributed by atoms with van der Waals surface area (Å²) < 4.78 is 64.3. The third kappa shape index (κ3) is 5.05. The number of anilines is 2. The molecule has 0 unspecified atom stereocenters. The van der Waals surface area contributed by atoms with E-state index in [9.17, 15) is 26.4 Å². The number of halogens is 3. The molecule has 1 heterocycles. The van der Waals surface area contributed by atoms with Gasteiger partial charge in [-0.05, 0) is 42.8 Å². The predicted octanol–water partition coefficient (Wildman–Crippen LogP) is 3.35. The summed E-state index contributed by atoms with van der Waals surface area (Å²) in [7, 11) is -3.48. The first-order valence-corrected chi connectivity index (χ1v) is 11.1. The first-order chi connectivity index (χ1) is 14.0. The smallest absolute Gasteiger partial charge is 0.368 e. The lowest BCUT2D eigenvalue weighted by molar-refractivity contribution is -0.137. The number of hydrogen-bond acceptors (Lipinski definition) is 4. The molecule has 2 aromatic rings. The van der Waals surface area contributed by atoms with Crippen molar-refractivity contribution < 1.29 is 26.4 Å². The molecular formula is C20H22F3N3O3S. The second-order valence-corrected chi connectivity index (χ2v) is 8.93. The highest BCUT2D eigenvalue weighted by Crippen LogP contribution is 2.32. The molecule has 0 saturated carbocycles. The fourth-order valence-electron chi connectivity index (χ4n) is 3.39. The molecule has 1 N–H and O–H groups in total. The quantitative estimate of drug-likeness (QED) is 0.790. The van der Waals surface area contributed by atoms with E-state index in [-0.39, 0.29) is 5.91 Å². The van der Waals surface area contributed by atoms with Crippen LogP contribution in [-0.4, -0.2) is 51.7 Å². The Hall–Kier alpha value is -2.75. The molecule has 1 aliphatic rings. The van der Waals surface area contributed by atoms with Gasteiger partial charge in [0.15, 0.2) is 0 Å². The van der Waals surface area contributed by atoms with Gasteiger partial charge in [0, 0.05) is 37.4 Å². The van der Waals surface area contributed by atoms with Crippen molar-refractivity contribution in [2.24, 2.45) is 0 Å². The lowest BCUT2D eigenvalue weighted by atomic mass is 10.1. The molecule has 0 atom stereocenters. The van der Waals surface area contributed by atoms with Gasteiger partial charge >= 0.3 is 6.18 Å². The van der Waals surface area contributed by atoms with Crippen molar-refractivity contribution in [2.75, 3.05) is 42.1 Å². The van der Waals surface area contributed by atoms with Crippen LogP contribution in [0.1, 0.15) is 21.5 Å². The fourth-order valence-corrected chi connectivity index (χ4v) is 4.02. The molecule has 10 heteroatoms. The van der Waals surface area contributed by atoms with Crippen LogP contribution in [0.5, 0.6) is 0 Å². The monoisotopic (exact) mass is 441 g/mol. The van der Waals surface area contributed by atoms with E-state index in [4.69, 9.17) is 0 Å². The van der Waals surface area contributed by atoms with Gasteiger partial charge in [0.2, 0.25) is 10.0 Å². The van der Waals surface area contributed by atoms with Crippen molar-refractivity contribution in [2.45, 2.75) is 13.1 Å². The summed E-state index contributed by atoms with van der Waals surface area (Å²) >= 11 is 0. The van der Waals surface area contributed by atoms with Crippen LogP contribution >= 0.6 is 0 Å². The van der Waals surface area contributed by atoms with Gasteiger partial charge in [0.05, 0.1) is 17.5 Å². The lowest BCUT2D eigenvalue weighted by Crippen LogP contribution is -2.49. The number of hydrogen-bond donors (Lipinski definition) is 1. The molecule has 0 radical (unpaired) electrons. The molecular weight excluding hydrogens is 419 g/mol. The Morgan fingerprint density at radius 3 is 2.27 bits per heavy atom. The predicted molar refractivity (Wildman–Crippen MR) is 109 cm³/mol. The third-order valence-electron chi connectivity index (χ3n) is 4.97. The number of sulfonamides is 1.